The minimum atomic E-state index is -0.485. The Morgan fingerprint density at radius 3 is 2.84 bits per heavy atom. The first kappa shape index (κ1) is 13.2. The predicted octanol–water partition coefficient (Wildman–Crippen LogP) is 2.73. The van der Waals surface area contributed by atoms with E-state index in [9.17, 15) is 4.79 Å². The van der Waals surface area contributed by atoms with Crippen LogP contribution in [0.1, 0.15) is 25.3 Å². The summed E-state index contributed by atoms with van der Waals surface area (Å²) in [6, 6.07) is 8.17. The lowest BCUT2D eigenvalue weighted by atomic mass is 10.2. The molecule has 0 spiro atoms. The molecule has 0 bridgehead atoms. The number of anilines is 1. The van der Waals surface area contributed by atoms with E-state index in [0.29, 0.717) is 12.6 Å². The van der Waals surface area contributed by atoms with Crippen LogP contribution in [0.4, 0.5) is 5.69 Å². The summed E-state index contributed by atoms with van der Waals surface area (Å²) in [7, 11) is 0. The van der Waals surface area contributed by atoms with Crippen LogP contribution < -0.4 is 5.32 Å². The molecule has 0 fully saturated rings. The van der Waals surface area contributed by atoms with Gasteiger partial charge in [-0.15, -0.1) is 0 Å². The van der Waals surface area contributed by atoms with Crippen molar-refractivity contribution in [2.75, 3.05) is 11.9 Å². The van der Waals surface area contributed by atoms with Crippen LogP contribution in [-0.2, 0) is 9.53 Å². The second-order valence-electron chi connectivity index (χ2n) is 4.30. The molecule has 0 radical (unpaired) electrons. The molecule has 1 aromatic rings. The lowest BCUT2D eigenvalue weighted by Crippen LogP contribution is -2.13. The summed E-state index contributed by atoms with van der Waals surface area (Å²) < 4.78 is 4.74. The average molecular weight is 255 g/mol. The van der Waals surface area contributed by atoms with Crippen molar-refractivity contribution in [1.29, 1.82) is 0 Å². The Hall–Kier alpha value is -2.21. The second kappa shape index (κ2) is 6.65. The molecular weight excluding hydrogens is 238 g/mol. The summed E-state index contributed by atoms with van der Waals surface area (Å²) in [5.74, 6) is 4.75. The largest absolute Gasteiger partial charge is 0.456 e. The average Bonchev–Trinajstić information content (AvgIpc) is 2.91. The predicted molar refractivity (Wildman–Crippen MR) is 75.7 cm³/mol. The Morgan fingerprint density at radius 2 is 2.21 bits per heavy atom. The smallest absolute Gasteiger partial charge is 0.384 e. The standard InChI is InChI=1S/C16H17NO2/c1-2-19-16(18)12-9-13-7-10-15(11-8-13)17-14-5-3-4-6-14/h3,5,7-8,10-11,14,17H,2,4,6H2,1H3. The van der Waals surface area contributed by atoms with Gasteiger partial charge < -0.3 is 10.1 Å². The number of hydrogen-bond acceptors (Lipinski definition) is 3. The summed E-state index contributed by atoms with van der Waals surface area (Å²) in [4.78, 5) is 11.1. The quantitative estimate of drug-likeness (QED) is 0.513. The van der Waals surface area contributed by atoms with Gasteiger partial charge in [-0.3, -0.25) is 0 Å². The molecule has 0 aliphatic heterocycles. The number of allylic oxidation sites excluding steroid dienone is 1. The Balaban J connectivity index is 1.94. The highest BCUT2D eigenvalue weighted by Crippen LogP contribution is 2.16. The van der Waals surface area contributed by atoms with Gasteiger partial charge in [-0.2, -0.15) is 0 Å². The van der Waals surface area contributed by atoms with E-state index in [0.717, 1.165) is 24.1 Å². The molecule has 1 unspecified atom stereocenters. The fourth-order valence-electron chi connectivity index (χ4n) is 1.91. The third-order valence-corrected chi connectivity index (χ3v) is 2.83. The van der Waals surface area contributed by atoms with Crippen LogP contribution in [-0.4, -0.2) is 18.6 Å². The number of esters is 1. The molecule has 1 aliphatic rings. The molecule has 2 rings (SSSR count). The van der Waals surface area contributed by atoms with Gasteiger partial charge in [-0.25, -0.2) is 4.79 Å². The summed E-state index contributed by atoms with van der Waals surface area (Å²) >= 11 is 0. The van der Waals surface area contributed by atoms with Gasteiger partial charge in [0.05, 0.1) is 6.61 Å². The van der Waals surface area contributed by atoms with Crippen LogP contribution in [0, 0.1) is 11.8 Å². The molecule has 0 amide bonds. The van der Waals surface area contributed by atoms with Crippen molar-refractivity contribution in [3.63, 3.8) is 0 Å². The van der Waals surface area contributed by atoms with Gasteiger partial charge in [-0.1, -0.05) is 18.1 Å². The maximum absolute atomic E-state index is 11.1. The van der Waals surface area contributed by atoms with Gasteiger partial charge in [0.2, 0.25) is 0 Å². The van der Waals surface area contributed by atoms with E-state index in [1.54, 1.807) is 6.92 Å². The zero-order chi connectivity index (χ0) is 13.5. The van der Waals surface area contributed by atoms with E-state index in [1.165, 1.54) is 0 Å². The first-order valence-electron chi connectivity index (χ1n) is 6.50. The summed E-state index contributed by atoms with van der Waals surface area (Å²) in [6.45, 7) is 2.11. The summed E-state index contributed by atoms with van der Waals surface area (Å²) in [6.07, 6.45) is 6.66. The zero-order valence-corrected chi connectivity index (χ0v) is 11.0. The van der Waals surface area contributed by atoms with Crippen LogP contribution in [0.25, 0.3) is 0 Å². The van der Waals surface area contributed by atoms with Crippen molar-refractivity contribution in [3.05, 3.63) is 42.0 Å². The molecule has 1 aromatic carbocycles. The van der Waals surface area contributed by atoms with E-state index in [2.05, 4.69) is 29.3 Å². The van der Waals surface area contributed by atoms with Crippen LogP contribution in [0.3, 0.4) is 0 Å². The molecule has 98 valence electrons. The molecule has 1 aliphatic carbocycles. The van der Waals surface area contributed by atoms with Crippen molar-refractivity contribution in [2.45, 2.75) is 25.8 Å². The van der Waals surface area contributed by atoms with Crippen molar-refractivity contribution >= 4 is 11.7 Å². The molecule has 1 N–H and O–H groups in total. The molecule has 0 heterocycles. The van der Waals surface area contributed by atoms with E-state index in [-0.39, 0.29) is 0 Å². The van der Waals surface area contributed by atoms with Gasteiger partial charge in [-0.05, 0) is 44.0 Å². The van der Waals surface area contributed by atoms with Crippen molar-refractivity contribution in [1.82, 2.24) is 0 Å². The topological polar surface area (TPSA) is 38.3 Å². The van der Waals surface area contributed by atoms with Gasteiger partial charge in [0.1, 0.15) is 0 Å². The van der Waals surface area contributed by atoms with E-state index >= 15 is 0 Å². The molecular formula is C16H17NO2. The van der Waals surface area contributed by atoms with Crippen LogP contribution in [0.15, 0.2) is 36.4 Å². The fourth-order valence-corrected chi connectivity index (χ4v) is 1.91. The van der Waals surface area contributed by atoms with E-state index < -0.39 is 5.97 Å². The van der Waals surface area contributed by atoms with Crippen molar-refractivity contribution in [2.24, 2.45) is 0 Å². The maximum Gasteiger partial charge on any atom is 0.384 e. The molecule has 1 atom stereocenters. The van der Waals surface area contributed by atoms with Crippen LogP contribution in [0.2, 0.25) is 0 Å². The molecule has 3 nitrogen and oxygen atoms in total. The molecule has 3 heteroatoms. The first-order chi connectivity index (χ1) is 9.28. The monoisotopic (exact) mass is 255 g/mol. The lowest BCUT2D eigenvalue weighted by molar-refractivity contribution is -0.136. The number of rotatable bonds is 3. The van der Waals surface area contributed by atoms with Gasteiger partial charge in [0.15, 0.2) is 0 Å². The van der Waals surface area contributed by atoms with Crippen molar-refractivity contribution in [3.8, 4) is 11.8 Å². The van der Waals surface area contributed by atoms with Crippen LogP contribution >= 0.6 is 0 Å². The highest BCUT2D eigenvalue weighted by Gasteiger charge is 2.07. The SMILES string of the molecule is CCOC(=O)C#Cc1ccc(NC2C=CCC2)cc1. The number of nitrogens with one attached hydrogen (secondary N) is 1. The summed E-state index contributed by atoms with van der Waals surface area (Å²) in [5.41, 5.74) is 1.87. The fraction of sp³-hybridized carbons (Fsp3) is 0.312. The maximum atomic E-state index is 11.1. The van der Waals surface area contributed by atoms with Gasteiger partial charge >= 0.3 is 5.97 Å². The minimum absolute atomic E-state index is 0.352. The molecule has 0 saturated carbocycles. The summed E-state index contributed by atoms with van der Waals surface area (Å²) in [5, 5.41) is 3.43. The van der Waals surface area contributed by atoms with Gasteiger partial charge in [0, 0.05) is 23.2 Å². The Morgan fingerprint density at radius 1 is 1.42 bits per heavy atom. The third kappa shape index (κ3) is 4.18. The van der Waals surface area contributed by atoms with Crippen molar-refractivity contribution < 1.29 is 9.53 Å². The Kier molecular flexibility index (Phi) is 4.63. The van der Waals surface area contributed by atoms with Gasteiger partial charge in [0.25, 0.3) is 0 Å². The highest BCUT2D eigenvalue weighted by molar-refractivity contribution is 5.89. The van der Waals surface area contributed by atoms with E-state index in [1.807, 2.05) is 24.3 Å². The molecule has 19 heavy (non-hydrogen) atoms. The molecule has 0 aromatic heterocycles. The Labute approximate surface area is 113 Å². The Bertz CT molecular complexity index is 520. The third-order valence-electron chi connectivity index (χ3n) is 2.83. The lowest BCUT2D eigenvalue weighted by Gasteiger charge is -2.11. The minimum Gasteiger partial charge on any atom is -0.456 e. The number of carbonyl (C=O) groups excluding carboxylic acids is 1. The number of ether oxygens (including phenoxy) is 1. The normalized spacial score (nSPS) is 16.6. The molecule has 0 saturated heterocycles. The highest BCUT2D eigenvalue weighted by atomic mass is 16.5. The van der Waals surface area contributed by atoms with Crippen LogP contribution in [0.5, 0.6) is 0 Å². The number of hydrogen-bond donors (Lipinski definition) is 1. The second-order valence-corrected chi connectivity index (χ2v) is 4.30. The number of benzene rings is 1. The number of carbonyl (C=O) groups is 1. The zero-order valence-electron chi connectivity index (χ0n) is 11.0. The van der Waals surface area contributed by atoms with E-state index in [4.69, 9.17) is 4.74 Å². The first-order valence-corrected chi connectivity index (χ1v) is 6.50.